The predicted molar refractivity (Wildman–Crippen MR) is 116 cm³/mol. The molecule has 0 fully saturated rings. The SMILES string of the molecule is COc1cc2c(cc1OC)[C@@H](c1cccs1)N(CC(=O)Nc1ccc(F)cc1F)CC2. The molecule has 2 heterocycles. The molecule has 31 heavy (non-hydrogen) atoms. The molecular formula is C23H22F2N2O3S. The van der Waals surface area contributed by atoms with Crippen molar-refractivity contribution in [3.05, 3.63) is 75.5 Å². The number of rotatable bonds is 6. The molecule has 1 atom stereocenters. The van der Waals surface area contributed by atoms with Gasteiger partial charge in [0, 0.05) is 17.5 Å². The van der Waals surface area contributed by atoms with Crippen molar-refractivity contribution in [2.75, 3.05) is 32.6 Å². The predicted octanol–water partition coefficient (Wildman–Crippen LogP) is 4.63. The quantitative estimate of drug-likeness (QED) is 0.602. The number of carbonyl (C=O) groups is 1. The van der Waals surface area contributed by atoms with E-state index in [1.54, 1.807) is 25.6 Å². The number of nitrogens with one attached hydrogen (secondary N) is 1. The Morgan fingerprint density at radius 3 is 2.61 bits per heavy atom. The largest absolute Gasteiger partial charge is 0.493 e. The van der Waals surface area contributed by atoms with Gasteiger partial charge >= 0.3 is 0 Å². The molecule has 1 amide bonds. The fourth-order valence-electron chi connectivity index (χ4n) is 3.91. The highest BCUT2D eigenvalue weighted by molar-refractivity contribution is 7.10. The van der Waals surface area contributed by atoms with Crippen molar-refractivity contribution < 1.29 is 23.0 Å². The van der Waals surface area contributed by atoms with Crippen LogP contribution in [0.2, 0.25) is 0 Å². The van der Waals surface area contributed by atoms with Gasteiger partial charge in [0.1, 0.15) is 11.6 Å². The van der Waals surface area contributed by atoms with Crippen LogP contribution in [0.3, 0.4) is 0 Å². The van der Waals surface area contributed by atoms with E-state index in [4.69, 9.17) is 9.47 Å². The van der Waals surface area contributed by atoms with Crippen LogP contribution < -0.4 is 14.8 Å². The van der Waals surface area contributed by atoms with Crippen molar-refractivity contribution in [3.63, 3.8) is 0 Å². The van der Waals surface area contributed by atoms with E-state index >= 15 is 0 Å². The molecule has 0 saturated heterocycles. The number of amides is 1. The zero-order chi connectivity index (χ0) is 22.0. The van der Waals surface area contributed by atoms with Gasteiger partial charge in [-0.2, -0.15) is 0 Å². The van der Waals surface area contributed by atoms with E-state index in [1.807, 2.05) is 29.6 Å². The zero-order valence-electron chi connectivity index (χ0n) is 17.2. The Bertz CT molecular complexity index is 1090. The highest BCUT2D eigenvalue weighted by atomic mass is 32.1. The summed E-state index contributed by atoms with van der Waals surface area (Å²) in [5, 5.41) is 4.55. The van der Waals surface area contributed by atoms with Crippen molar-refractivity contribution in [2.45, 2.75) is 12.5 Å². The van der Waals surface area contributed by atoms with E-state index in [2.05, 4.69) is 10.2 Å². The topological polar surface area (TPSA) is 50.8 Å². The van der Waals surface area contributed by atoms with E-state index in [0.717, 1.165) is 34.6 Å². The molecule has 8 heteroatoms. The lowest BCUT2D eigenvalue weighted by Crippen LogP contribution is -2.41. The molecular weight excluding hydrogens is 422 g/mol. The van der Waals surface area contributed by atoms with E-state index in [1.165, 1.54) is 6.07 Å². The molecule has 2 aromatic carbocycles. The first kappa shape index (κ1) is 21.3. The van der Waals surface area contributed by atoms with Crippen molar-refractivity contribution in [1.82, 2.24) is 4.90 Å². The van der Waals surface area contributed by atoms with Crippen LogP contribution in [0.15, 0.2) is 47.8 Å². The summed E-state index contributed by atoms with van der Waals surface area (Å²) in [4.78, 5) is 15.9. The molecule has 0 saturated carbocycles. The van der Waals surface area contributed by atoms with E-state index < -0.39 is 11.6 Å². The van der Waals surface area contributed by atoms with E-state index in [9.17, 15) is 13.6 Å². The number of ether oxygens (including phenoxy) is 2. The maximum Gasteiger partial charge on any atom is 0.238 e. The number of nitrogens with zero attached hydrogens (tertiary/aromatic N) is 1. The van der Waals surface area contributed by atoms with Gasteiger partial charge in [-0.3, -0.25) is 9.69 Å². The number of hydrogen-bond acceptors (Lipinski definition) is 5. The summed E-state index contributed by atoms with van der Waals surface area (Å²) >= 11 is 1.61. The van der Waals surface area contributed by atoms with Crippen LogP contribution in [0.1, 0.15) is 22.0 Å². The van der Waals surface area contributed by atoms with E-state index in [0.29, 0.717) is 18.0 Å². The Labute approximate surface area is 183 Å². The van der Waals surface area contributed by atoms with Gasteiger partial charge in [-0.1, -0.05) is 6.07 Å². The number of fused-ring (bicyclic) bond motifs is 1. The Hall–Kier alpha value is -2.97. The summed E-state index contributed by atoms with van der Waals surface area (Å²) in [7, 11) is 3.20. The molecule has 0 radical (unpaired) electrons. The van der Waals surface area contributed by atoms with Crippen LogP contribution in [0, 0.1) is 11.6 Å². The molecule has 0 unspecified atom stereocenters. The average Bonchev–Trinajstić information content (AvgIpc) is 3.29. The number of methoxy groups -OCH3 is 2. The molecule has 162 valence electrons. The Kier molecular flexibility index (Phi) is 6.20. The number of hydrogen-bond donors (Lipinski definition) is 1. The third-order valence-corrected chi connectivity index (χ3v) is 6.26. The number of anilines is 1. The summed E-state index contributed by atoms with van der Waals surface area (Å²) < 4.78 is 38.0. The molecule has 0 bridgehead atoms. The van der Waals surface area contributed by atoms with E-state index in [-0.39, 0.29) is 24.2 Å². The van der Waals surface area contributed by atoms with Gasteiger partial charge in [0.15, 0.2) is 11.5 Å². The van der Waals surface area contributed by atoms with Crippen molar-refractivity contribution in [3.8, 4) is 11.5 Å². The summed E-state index contributed by atoms with van der Waals surface area (Å²) in [5.41, 5.74) is 2.15. The number of halogens is 2. The standard InChI is InChI=1S/C23H22F2N2O3S/c1-29-19-10-14-7-8-27(13-22(28)26-18-6-5-15(24)11-17(18)25)23(21-4-3-9-31-21)16(14)12-20(19)30-2/h3-6,9-12,23H,7-8,13H2,1-2H3,(H,26,28)/t23-/m0/s1. The van der Waals surface area contributed by atoms with Crippen LogP contribution in [-0.4, -0.2) is 38.1 Å². The van der Waals surface area contributed by atoms with Crippen LogP contribution in [0.4, 0.5) is 14.5 Å². The van der Waals surface area contributed by atoms with Gasteiger partial charge < -0.3 is 14.8 Å². The monoisotopic (exact) mass is 444 g/mol. The van der Waals surface area contributed by atoms with Crippen LogP contribution in [-0.2, 0) is 11.2 Å². The van der Waals surface area contributed by atoms with Gasteiger partial charge in [0.05, 0.1) is 32.5 Å². The number of benzene rings is 2. The summed E-state index contributed by atoms with van der Waals surface area (Å²) in [6, 6.07) is 10.9. The highest BCUT2D eigenvalue weighted by Gasteiger charge is 2.32. The smallest absolute Gasteiger partial charge is 0.238 e. The molecule has 1 aliphatic heterocycles. The minimum atomic E-state index is -0.802. The fraction of sp³-hybridized carbons (Fsp3) is 0.261. The van der Waals surface area contributed by atoms with Crippen molar-refractivity contribution >= 4 is 22.9 Å². The molecule has 1 N–H and O–H groups in total. The molecule has 1 aromatic heterocycles. The first-order valence-electron chi connectivity index (χ1n) is 9.77. The Morgan fingerprint density at radius 1 is 1.16 bits per heavy atom. The third kappa shape index (κ3) is 4.40. The fourth-order valence-corrected chi connectivity index (χ4v) is 4.79. The van der Waals surface area contributed by atoms with Gasteiger partial charge in [-0.15, -0.1) is 11.3 Å². The first-order valence-corrected chi connectivity index (χ1v) is 10.6. The molecule has 4 rings (SSSR count). The second kappa shape index (κ2) is 9.03. The maximum absolute atomic E-state index is 13.9. The normalized spacial score (nSPS) is 15.9. The van der Waals surface area contributed by atoms with Crippen molar-refractivity contribution in [2.24, 2.45) is 0 Å². The second-order valence-corrected chi connectivity index (χ2v) is 8.20. The maximum atomic E-state index is 13.9. The number of carbonyl (C=O) groups excluding carboxylic acids is 1. The van der Waals surface area contributed by atoms with Crippen LogP contribution >= 0.6 is 11.3 Å². The lowest BCUT2D eigenvalue weighted by Gasteiger charge is -2.37. The van der Waals surface area contributed by atoms with Gasteiger partial charge in [0.2, 0.25) is 5.91 Å². The summed E-state index contributed by atoms with van der Waals surface area (Å²) in [5.74, 6) is -0.558. The first-order chi connectivity index (χ1) is 15.0. The van der Waals surface area contributed by atoms with Crippen molar-refractivity contribution in [1.29, 1.82) is 0 Å². The molecule has 0 aliphatic carbocycles. The molecule has 0 spiro atoms. The van der Waals surface area contributed by atoms with Gasteiger partial charge in [-0.25, -0.2) is 8.78 Å². The average molecular weight is 445 g/mol. The molecule has 5 nitrogen and oxygen atoms in total. The van der Waals surface area contributed by atoms with Gasteiger partial charge in [-0.05, 0) is 53.3 Å². The second-order valence-electron chi connectivity index (χ2n) is 7.22. The Morgan fingerprint density at radius 2 is 1.94 bits per heavy atom. The van der Waals surface area contributed by atoms with Crippen LogP contribution in [0.25, 0.3) is 0 Å². The van der Waals surface area contributed by atoms with Gasteiger partial charge in [0.25, 0.3) is 0 Å². The van der Waals surface area contributed by atoms with Crippen LogP contribution in [0.5, 0.6) is 11.5 Å². The minimum Gasteiger partial charge on any atom is -0.493 e. The molecule has 1 aliphatic rings. The highest BCUT2D eigenvalue weighted by Crippen LogP contribution is 2.42. The lowest BCUT2D eigenvalue weighted by molar-refractivity contribution is -0.117. The zero-order valence-corrected chi connectivity index (χ0v) is 18.0. The molecule has 3 aromatic rings. The summed E-state index contributed by atoms with van der Waals surface area (Å²) in [6.07, 6.45) is 0.732. The summed E-state index contributed by atoms with van der Waals surface area (Å²) in [6.45, 7) is 0.706. The number of thiophene rings is 1. The lowest BCUT2D eigenvalue weighted by atomic mass is 9.91. The Balaban J connectivity index is 1.62. The third-order valence-electron chi connectivity index (χ3n) is 5.34. The minimum absolute atomic E-state index is 0.0390.